The standard InChI is InChI=1S/C17H16F2N2O4/c1-10(22)20-11-6-8-12(9-7-11)21-16(23)13-4-3-5-14(24-2)15(13)25-17(18)19/h3-9,17H,1-2H3,(H,20,22)(H,21,23). The Hall–Kier alpha value is -3.16. The fraction of sp³-hybridized carbons (Fsp3) is 0.176. The van der Waals surface area contributed by atoms with Gasteiger partial charge in [-0.05, 0) is 36.4 Å². The second-order valence-corrected chi connectivity index (χ2v) is 4.93. The third-order valence-corrected chi connectivity index (χ3v) is 3.11. The Kier molecular flexibility index (Phi) is 5.89. The van der Waals surface area contributed by atoms with E-state index >= 15 is 0 Å². The second-order valence-electron chi connectivity index (χ2n) is 4.93. The normalized spacial score (nSPS) is 10.3. The van der Waals surface area contributed by atoms with Crippen LogP contribution in [0.15, 0.2) is 42.5 Å². The summed E-state index contributed by atoms with van der Waals surface area (Å²) in [7, 11) is 1.29. The molecule has 0 saturated carbocycles. The Morgan fingerprint density at radius 1 is 1.00 bits per heavy atom. The number of ether oxygens (including phenoxy) is 2. The number of carbonyl (C=O) groups is 2. The van der Waals surface area contributed by atoms with Gasteiger partial charge in [0, 0.05) is 18.3 Å². The smallest absolute Gasteiger partial charge is 0.387 e. The van der Waals surface area contributed by atoms with Crippen molar-refractivity contribution >= 4 is 23.2 Å². The molecule has 0 fully saturated rings. The maximum absolute atomic E-state index is 12.6. The van der Waals surface area contributed by atoms with Crippen LogP contribution in [0.1, 0.15) is 17.3 Å². The van der Waals surface area contributed by atoms with E-state index in [2.05, 4.69) is 15.4 Å². The van der Waals surface area contributed by atoms with Crippen molar-refractivity contribution < 1.29 is 27.8 Å². The molecule has 0 atom stereocenters. The molecule has 2 N–H and O–H groups in total. The SMILES string of the molecule is COc1cccc(C(=O)Nc2ccc(NC(C)=O)cc2)c1OC(F)F. The predicted octanol–water partition coefficient (Wildman–Crippen LogP) is 3.51. The van der Waals surface area contributed by atoms with Gasteiger partial charge in [0.25, 0.3) is 5.91 Å². The number of hydrogen-bond acceptors (Lipinski definition) is 4. The number of nitrogens with one attached hydrogen (secondary N) is 2. The fourth-order valence-corrected chi connectivity index (χ4v) is 2.10. The topological polar surface area (TPSA) is 76.7 Å². The van der Waals surface area contributed by atoms with E-state index in [4.69, 9.17) is 4.74 Å². The van der Waals surface area contributed by atoms with Crippen LogP contribution in [0.3, 0.4) is 0 Å². The van der Waals surface area contributed by atoms with Gasteiger partial charge in [-0.15, -0.1) is 0 Å². The van der Waals surface area contributed by atoms with Crippen LogP contribution in [0.2, 0.25) is 0 Å². The molecule has 2 aromatic carbocycles. The minimum absolute atomic E-state index is 0.0222. The number of hydrogen-bond donors (Lipinski definition) is 2. The Bertz CT molecular complexity index is 764. The van der Waals surface area contributed by atoms with Crippen molar-refractivity contribution in [2.24, 2.45) is 0 Å². The third kappa shape index (κ3) is 4.90. The molecule has 8 heteroatoms. The molecule has 2 rings (SSSR count). The first kappa shape index (κ1) is 18.2. The lowest BCUT2D eigenvalue weighted by Gasteiger charge is -2.14. The number of alkyl halides is 2. The van der Waals surface area contributed by atoms with Gasteiger partial charge in [0.2, 0.25) is 5.91 Å². The Morgan fingerprint density at radius 3 is 2.12 bits per heavy atom. The Labute approximate surface area is 142 Å². The van der Waals surface area contributed by atoms with Gasteiger partial charge in [0.15, 0.2) is 11.5 Å². The lowest BCUT2D eigenvalue weighted by Crippen LogP contribution is -2.15. The van der Waals surface area contributed by atoms with E-state index in [-0.39, 0.29) is 23.0 Å². The van der Waals surface area contributed by atoms with Crippen molar-refractivity contribution in [2.45, 2.75) is 13.5 Å². The highest BCUT2D eigenvalue weighted by Crippen LogP contribution is 2.33. The number of methoxy groups -OCH3 is 1. The molecule has 0 radical (unpaired) electrons. The number of halogens is 2. The van der Waals surface area contributed by atoms with Crippen LogP contribution < -0.4 is 20.1 Å². The zero-order valence-electron chi connectivity index (χ0n) is 13.5. The third-order valence-electron chi connectivity index (χ3n) is 3.11. The molecular formula is C17H16F2N2O4. The average Bonchev–Trinajstić information content (AvgIpc) is 2.55. The maximum atomic E-state index is 12.6. The van der Waals surface area contributed by atoms with Gasteiger partial charge in [0.1, 0.15) is 0 Å². The minimum Gasteiger partial charge on any atom is -0.493 e. The van der Waals surface area contributed by atoms with Crippen LogP contribution in [-0.4, -0.2) is 25.5 Å². The zero-order valence-corrected chi connectivity index (χ0v) is 13.5. The number of anilines is 2. The Balaban J connectivity index is 2.21. The highest BCUT2D eigenvalue weighted by molar-refractivity contribution is 6.06. The van der Waals surface area contributed by atoms with E-state index in [1.54, 1.807) is 24.3 Å². The van der Waals surface area contributed by atoms with Crippen LogP contribution >= 0.6 is 0 Å². The lowest BCUT2D eigenvalue weighted by molar-refractivity contribution is -0.114. The Morgan fingerprint density at radius 2 is 1.60 bits per heavy atom. The minimum atomic E-state index is -3.10. The molecule has 0 aliphatic heterocycles. The van der Waals surface area contributed by atoms with Crippen LogP contribution in [0.5, 0.6) is 11.5 Å². The average molecular weight is 350 g/mol. The fourth-order valence-electron chi connectivity index (χ4n) is 2.10. The number of para-hydroxylation sites is 1. The van der Waals surface area contributed by atoms with Crippen LogP contribution in [0, 0.1) is 0 Å². The largest absolute Gasteiger partial charge is 0.493 e. The predicted molar refractivity (Wildman–Crippen MR) is 88.3 cm³/mol. The number of rotatable bonds is 6. The van der Waals surface area contributed by atoms with Crippen LogP contribution in [0.25, 0.3) is 0 Å². The summed E-state index contributed by atoms with van der Waals surface area (Å²) in [4.78, 5) is 23.4. The van der Waals surface area contributed by atoms with Gasteiger partial charge < -0.3 is 20.1 Å². The molecule has 0 heterocycles. The van der Waals surface area contributed by atoms with E-state index in [1.165, 1.54) is 32.2 Å². The highest BCUT2D eigenvalue weighted by Gasteiger charge is 2.20. The number of carbonyl (C=O) groups excluding carboxylic acids is 2. The van der Waals surface area contributed by atoms with Crippen LogP contribution in [-0.2, 0) is 4.79 Å². The van der Waals surface area contributed by atoms with Crippen molar-refractivity contribution in [3.8, 4) is 11.5 Å². The van der Waals surface area contributed by atoms with Crippen molar-refractivity contribution in [3.63, 3.8) is 0 Å². The molecule has 0 saturated heterocycles. The van der Waals surface area contributed by atoms with Gasteiger partial charge in [-0.2, -0.15) is 8.78 Å². The first-order chi connectivity index (χ1) is 11.9. The summed E-state index contributed by atoms with van der Waals surface area (Å²) in [5.74, 6) is -1.18. The summed E-state index contributed by atoms with van der Waals surface area (Å²) >= 11 is 0. The number of amides is 2. The van der Waals surface area contributed by atoms with E-state index in [0.29, 0.717) is 11.4 Å². The van der Waals surface area contributed by atoms with Gasteiger partial charge in [-0.25, -0.2) is 0 Å². The molecule has 0 aliphatic carbocycles. The summed E-state index contributed by atoms with van der Waals surface area (Å²) in [6, 6.07) is 10.6. The van der Waals surface area contributed by atoms with Crippen molar-refractivity contribution in [1.29, 1.82) is 0 Å². The molecular weight excluding hydrogens is 334 g/mol. The molecule has 2 amide bonds. The summed E-state index contributed by atoms with van der Waals surface area (Å²) < 4.78 is 34.6. The molecule has 0 spiro atoms. The van der Waals surface area contributed by atoms with Crippen molar-refractivity contribution in [1.82, 2.24) is 0 Å². The molecule has 0 aromatic heterocycles. The molecule has 132 valence electrons. The summed E-state index contributed by atoms with van der Waals surface area (Å²) in [6.07, 6.45) is 0. The lowest BCUT2D eigenvalue weighted by atomic mass is 10.1. The molecule has 2 aromatic rings. The molecule has 0 aliphatic rings. The monoisotopic (exact) mass is 350 g/mol. The van der Waals surface area contributed by atoms with E-state index < -0.39 is 12.5 Å². The van der Waals surface area contributed by atoms with E-state index in [1.807, 2.05) is 0 Å². The quantitative estimate of drug-likeness (QED) is 0.836. The maximum Gasteiger partial charge on any atom is 0.387 e. The van der Waals surface area contributed by atoms with Crippen LogP contribution in [0.4, 0.5) is 20.2 Å². The first-order valence-electron chi connectivity index (χ1n) is 7.21. The summed E-state index contributed by atoms with van der Waals surface area (Å²) in [5, 5.41) is 5.16. The van der Waals surface area contributed by atoms with Gasteiger partial charge >= 0.3 is 6.61 Å². The molecule has 0 unspecified atom stereocenters. The second kappa shape index (κ2) is 8.09. The van der Waals surface area contributed by atoms with Crippen molar-refractivity contribution in [2.75, 3.05) is 17.7 Å². The van der Waals surface area contributed by atoms with E-state index in [0.717, 1.165) is 0 Å². The van der Waals surface area contributed by atoms with Crippen molar-refractivity contribution in [3.05, 3.63) is 48.0 Å². The van der Waals surface area contributed by atoms with Gasteiger partial charge in [-0.3, -0.25) is 9.59 Å². The molecule has 0 bridgehead atoms. The summed E-state index contributed by atoms with van der Waals surface area (Å²) in [6.45, 7) is -1.72. The highest BCUT2D eigenvalue weighted by atomic mass is 19.3. The summed E-state index contributed by atoms with van der Waals surface area (Å²) in [5.41, 5.74) is 0.893. The zero-order chi connectivity index (χ0) is 18.4. The molecule has 25 heavy (non-hydrogen) atoms. The molecule has 6 nitrogen and oxygen atoms in total. The van der Waals surface area contributed by atoms with Gasteiger partial charge in [-0.1, -0.05) is 6.07 Å². The van der Waals surface area contributed by atoms with Gasteiger partial charge in [0.05, 0.1) is 12.7 Å². The number of benzene rings is 2. The first-order valence-corrected chi connectivity index (χ1v) is 7.21. The van der Waals surface area contributed by atoms with E-state index in [9.17, 15) is 18.4 Å².